The minimum atomic E-state index is -0.550. The van der Waals surface area contributed by atoms with Crippen molar-refractivity contribution in [1.82, 2.24) is 4.57 Å². The molecule has 0 bridgehead atoms. The standard InChI is InChI=1S/C14H13NO4/c1-9-7-11(3-4-12(9)16)15-6-5-10(8-13(15)17)14(18)19-2/h3-8,16H,1-2H3. The molecule has 19 heavy (non-hydrogen) atoms. The maximum atomic E-state index is 11.9. The molecule has 0 atom stereocenters. The van der Waals surface area contributed by atoms with Gasteiger partial charge in [-0.25, -0.2) is 4.79 Å². The number of aromatic hydroxyl groups is 1. The van der Waals surface area contributed by atoms with Crippen LogP contribution in [0.15, 0.2) is 41.3 Å². The second-order valence-corrected chi connectivity index (χ2v) is 4.09. The van der Waals surface area contributed by atoms with Crippen molar-refractivity contribution >= 4 is 5.97 Å². The van der Waals surface area contributed by atoms with Crippen molar-refractivity contribution in [3.63, 3.8) is 0 Å². The molecule has 0 aliphatic rings. The van der Waals surface area contributed by atoms with Gasteiger partial charge in [0, 0.05) is 18.0 Å². The van der Waals surface area contributed by atoms with Crippen LogP contribution in [-0.2, 0) is 4.74 Å². The van der Waals surface area contributed by atoms with Crippen LogP contribution in [0.5, 0.6) is 5.75 Å². The first-order chi connectivity index (χ1) is 9.02. The SMILES string of the molecule is COC(=O)c1ccn(-c2ccc(O)c(C)c2)c(=O)c1. The lowest BCUT2D eigenvalue weighted by Crippen LogP contribution is -2.19. The van der Waals surface area contributed by atoms with E-state index in [2.05, 4.69) is 4.74 Å². The van der Waals surface area contributed by atoms with Crippen LogP contribution < -0.4 is 5.56 Å². The summed E-state index contributed by atoms with van der Waals surface area (Å²) in [5, 5.41) is 9.46. The number of pyridine rings is 1. The van der Waals surface area contributed by atoms with E-state index in [0.717, 1.165) is 0 Å². The van der Waals surface area contributed by atoms with Gasteiger partial charge in [0.1, 0.15) is 5.75 Å². The summed E-state index contributed by atoms with van der Waals surface area (Å²) in [6, 6.07) is 7.56. The zero-order chi connectivity index (χ0) is 14.0. The first kappa shape index (κ1) is 12.9. The van der Waals surface area contributed by atoms with Crippen LogP contribution in [0.25, 0.3) is 5.69 Å². The molecule has 5 nitrogen and oxygen atoms in total. The van der Waals surface area contributed by atoms with Crippen LogP contribution in [0, 0.1) is 6.92 Å². The van der Waals surface area contributed by atoms with Crippen molar-refractivity contribution in [1.29, 1.82) is 0 Å². The van der Waals surface area contributed by atoms with Gasteiger partial charge in [-0.15, -0.1) is 0 Å². The fourth-order valence-electron chi connectivity index (χ4n) is 1.73. The van der Waals surface area contributed by atoms with E-state index < -0.39 is 5.97 Å². The Hall–Kier alpha value is -2.56. The molecule has 1 heterocycles. The Bertz CT molecular complexity index is 688. The Morgan fingerprint density at radius 1 is 1.26 bits per heavy atom. The van der Waals surface area contributed by atoms with Crippen molar-refractivity contribution in [2.45, 2.75) is 6.92 Å². The van der Waals surface area contributed by atoms with Crippen molar-refractivity contribution in [3.05, 3.63) is 58.0 Å². The molecular weight excluding hydrogens is 246 g/mol. The smallest absolute Gasteiger partial charge is 0.338 e. The second-order valence-electron chi connectivity index (χ2n) is 4.09. The van der Waals surface area contributed by atoms with Gasteiger partial charge in [-0.2, -0.15) is 0 Å². The number of phenols is 1. The minimum Gasteiger partial charge on any atom is -0.508 e. The van der Waals surface area contributed by atoms with Gasteiger partial charge in [-0.05, 0) is 36.8 Å². The molecule has 2 aromatic rings. The summed E-state index contributed by atoms with van der Waals surface area (Å²) in [6.07, 6.45) is 1.50. The molecule has 5 heteroatoms. The van der Waals surface area contributed by atoms with Crippen LogP contribution in [0.2, 0.25) is 0 Å². The summed E-state index contributed by atoms with van der Waals surface area (Å²) in [4.78, 5) is 23.3. The third-order valence-electron chi connectivity index (χ3n) is 2.80. The normalized spacial score (nSPS) is 10.2. The molecule has 1 aromatic heterocycles. The van der Waals surface area contributed by atoms with E-state index in [0.29, 0.717) is 11.3 Å². The lowest BCUT2D eigenvalue weighted by molar-refractivity contribution is 0.0600. The predicted molar refractivity (Wildman–Crippen MR) is 69.8 cm³/mol. The molecule has 0 radical (unpaired) electrons. The summed E-state index contributed by atoms with van der Waals surface area (Å²) in [5.74, 6) is -0.380. The number of carbonyl (C=O) groups is 1. The molecule has 98 valence electrons. The van der Waals surface area contributed by atoms with Gasteiger partial charge in [-0.3, -0.25) is 9.36 Å². The Kier molecular flexibility index (Phi) is 3.37. The number of hydrogen-bond acceptors (Lipinski definition) is 4. The van der Waals surface area contributed by atoms with Gasteiger partial charge in [0.25, 0.3) is 5.56 Å². The summed E-state index contributed by atoms with van der Waals surface area (Å²) >= 11 is 0. The largest absolute Gasteiger partial charge is 0.508 e. The van der Waals surface area contributed by atoms with E-state index >= 15 is 0 Å². The van der Waals surface area contributed by atoms with Crippen molar-refractivity contribution in [2.75, 3.05) is 7.11 Å². The second kappa shape index (κ2) is 4.97. The molecule has 0 spiro atoms. The Balaban J connectivity index is 2.49. The lowest BCUT2D eigenvalue weighted by Gasteiger charge is -2.08. The number of esters is 1. The average molecular weight is 259 g/mol. The third-order valence-corrected chi connectivity index (χ3v) is 2.80. The topological polar surface area (TPSA) is 68.5 Å². The number of rotatable bonds is 2. The van der Waals surface area contributed by atoms with Crippen LogP contribution in [0.1, 0.15) is 15.9 Å². The number of phenolic OH excluding ortho intramolecular Hbond substituents is 1. The van der Waals surface area contributed by atoms with E-state index in [4.69, 9.17) is 0 Å². The monoisotopic (exact) mass is 259 g/mol. The van der Waals surface area contributed by atoms with Gasteiger partial charge in [-0.1, -0.05) is 0 Å². The lowest BCUT2D eigenvalue weighted by atomic mass is 10.2. The van der Waals surface area contributed by atoms with E-state index in [1.165, 1.54) is 36.1 Å². The molecule has 1 N–H and O–H groups in total. The molecule has 0 unspecified atom stereocenters. The number of nitrogens with zero attached hydrogens (tertiary/aromatic N) is 1. The highest BCUT2D eigenvalue weighted by Gasteiger charge is 2.08. The quantitative estimate of drug-likeness (QED) is 0.832. The van der Waals surface area contributed by atoms with Gasteiger partial charge in [0.15, 0.2) is 0 Å². The molecule has 1 aromatic carbocycles. The van der Waals surface area contributed by atoms with Crippen LogP contribution in [-0.4, -0.2) is 22.8 Å². The Labute approximate surface area is 109 Å². The number of benzene rings is 1. The maximum Gasteiger partial charge on any atom is 0.338 e. The van der Waals surface area contributed by atoms with Crippen LogP contribution in [0.4, 0.5) is 0 Å². The highest BCUT2D eigenvalue weighted by molar-refractivity contribution is 5.89. The van der Waals surface area contributed by atoms with Crippen molar-refractivity contribution in [2.24, 2.45) is 0 Å². The maximum absolute atomic E-state index is 11.9. The van der Waals surface area contributed by atoms with Crippen LogP contribution in [0.3, 0.4) is 0 Å². The number of ether oxygens (including phenoxy) is 1. The number of methoxy groups -OCH3 is 1. The van der Waals surface area contributed by atoms with E-state index in [9.17, 15) is 14.7 Å². The highest BCUT2D eigenvalue weighted by Crippen LogP contribution is 2.18. The average Bonchev–Trinajstić information content (AvgIpc) is 2.41. The summed E-state index contributed by atoms with van der Waals surface area (Å²) in [6.45, 7) is 1.74. The van der Waals surface area contributed by atoms with Crippen molar-refractivity contribution in [3.8, 4) is 11.4 Å². The molecular formula is C14H13NO4. The molecule has 0 fully saturated rings. The molecule has 0 aliphatic carbocycles. The van der Waals surface area contributed by atoms with E-state index in [1.54, 1.807) is 19.1 Å². The number of hydrogen-bond donors (Lipinski definition) is 1. The number of aromatic nitrogens is 1. The molecule has 2 rings (SSSR count). The first-order valence-corrected chi connectivity index (χ1v) is 5.64. The zero-order valence-electron chi connectivity index (χ0n) is 10.6. The van der Waals surface area contributed by atoms with Crippen molar-refractivity contribution < 1.29 is 14.6 Å². The number of aryl methyl sites for hydroxylation is 1. The molecule has 0 aliphatic heterocycles. The summed E-state index contributed by atoms with van der Waals surface area (Å²) in [7, 11) is 1.26. The number of carbonyl (C=O) groups excluding carboxylic acids is 1. The zero-order valence-corrected chi connectivity index (χ0v) is 10.6. The molecule has 0 saturated carbocycles. The van der Waals surface area contributed by atoms with Gasteiger partial charge >= 0.3 is 5.97 Å². The van der Waals surface area contributed by atoms with Gasteiger partial charge < -0.3 is 9.84 Å². The molecule has 0 saturated heterocycles. The summed E-state index contributed by atoms with van der Waals surface area (Å²) < 4.78 is 5.94. The van der Waals surface area contributed by atoms with Gasteiger partial charge in [0.05, 0.1) is 12.7 Å². The van der Waals surface area contributed by atoms with Gasteiger partial charge in [0.2, 0.25) is 0 Å². The van der Waals surface area contributed by atoms with E-state index in [-0.39, 0.29) is 16.9 Å². The molecule has 0 amide bonds. The van der Waals surface area contributed by atoms with Crippen LogP contribution >= 0.6 is 0 Å². The summed E-state index contributed by atoms with van der Waals surface area (Å²) in [5.41, 5.74) is 1.16. The first-order valence-electron chi connectivity index (χ1n) is 5.64. The fraction of sp³-hybridized carbons (Fsp3) is 0.143. The predicted octanol–water partition coefficient (Wildman–Crippen LogP) is 1.64. The Morgan fingerprint density at radius 3 is 2.58 bits per heavy atom. The minimum absolute atomic E-state index is 0.169. The highest BCUT2D eigenvalue weighted by atomic mass is 16.5. The Morgan fingerprint density at radius 2 is 2.00 bits per heavy atom. The van der Waals surface area contributed by atoms with E-state index in [1.807, 2.05) is 0 Å². The fourth-order valence-corrected chi connectivity index (χ4v) is 1.73. The third kappa shape index (κ3) is 2.49.